The van der Waals surface area contributed by atoms with E-state index in [0.717, 1.165) is 24.0 Å². The number of aryl methyl sites for hydroxylation is 1. The van der Waals surface area contributed by atoms with Crippen LogP contribution in [0.15, 0.2) is 0 Å². The van der Waals surface area contributed by atoms with Crippen LogP contribution in [-0.4, -0.2) is 28.5 Å². The number of hydrogen-bond donors (Lipinski definition) is 1. The van der Waals surface area contributed by atoms with E-state index in [-0.39, 0.29) is 0 Å². The molecule has 2 N–H and O–H groups in total. The zero-order valence-corrected chi connectivity index (χ0v) is 7.14. The fraction of sp³-hybridized carbons (Fsp3) is 0.667. The van der Waals surface area contributed by atoms with Gasteiger partial charge in [-0.05, 0) is 6.92 Å². The van der Waals surface area contributed by atoms with Gasteiger partial charge in [-0.3, -0.25) is 0 Å². The van der Waals surface area contributed by atoms with Gasteiger partial charge >= 0.3 is 0 Å². The highest BCUT2D eigenvalue weighted by Gasteiger charge is 2.25. The molecular weight excluding hydrogens is 160 g/mol. The monoisotopic (exact) mass is 170 g/mol. The lowest BCUT2D eigenvalue weighted by molar-refractivity contribution is 0.518. The van der Waals surface area contributed by atoms with Crippen LogP contribution in [-0.2, 0) is 0 Å². The number of aromatic nitrogens is 2. The zero-order valence-electron chi connectivity index (χ0n) is 6.32. The Hall–Kier alpha value is -0.680. The van der Waals surface area contributed by atoms with Crippen molar-refractivity contribution < 1.29 is 0 Å². The lowest BCUT2D eigenvalue weighted by Crippen LogP contribution is -2.55. The first-order valence-corrected chi connectivity index (χ1v) is 4.34. The van der Waals surface area contributed by atoms with Crippen LogP contribution in [0.1, 0.15) is 5.82 Å². The summed E-state index contributed by atoms with van der Waals surface area (Å²) in [5, 5.41) is 1.00. The van der Waals surface area contributed by atoms with Gasteiger partial charge in [-0.15, -0.1) is 0 Å². The molecule has 0 aliphatic carbocycles. The Bertz CT molecular complexity index is 253. The van der Waals surface area contributed by atoms with Crippen LogP contribution in [0.25, 0.3) is 0 Å². The van der Waals surface area contributed by atoms with Gasteiger partial charge in [0, 0.05) is 30.7 Å². The fourth-order valence-corrected chi connectivity index (χ4v) is 1.78. The highest BCUT2D eigenvalue weighted by atomic mass is 32.1. The molecule has 0 unspecified atom stereocenters. The Labute approximate surface area is 69.2 Å². The van der Waals surface area contributed by atoms with E-state index in [4.69, 9.17) is 5.73 Å². The second-order valence-corrected chi connectivity index (χ2v) is 3.52. The molecule has 1 aliphatic heterocycles. The van der Waals surface area contributed by atoms with Gasteiger partial charge < -0.3 is 10.6 Å². The normalized spacial score (nSPS) is 18.5. The summed E-state index contributed by atoms with van der Waals surface area (Å²) in [5.41, 5.74) is 5.63. The molecule has 11 heavy (non-hydrogen) atoms. The molecule has 1 fully saturated rings. The van der Waals surface area contributed by atoms with Crippen molar-refractivity contribution in [2.75, 3.05) is 18.0 Å². The molecule has 0 spiro atoms. The number of anilines is 1. The molecular formula is C6H10N4S. The number of nitrogens with zero attached hydrogens (tertiary/aromatic N) is 3. The molecule has 1 aromatic heterocycles. The molecule has 60 valence electrons. The van der Waals surface area contributed by atoms with E-state index in [9.17, 15) is 0 Å². The van der Waals surface area contributed by atoms with E-state index in [1.807, 2.05) is 6.92 Å². The maximum absolute atomic E-state index is 5.63. The van der Waals surface area contributed by atoms with E-state index in [0.29, 0.717) is 6.04 Å². The average molecular weight is 170 g/mol. The quantitative estimate of drug-likeness (QED) is 0.644. The highest BCUT2D eigenvalue weighted by molar-refractivity contribution is 7.09. The van der Waals surface area contributed by atoms with E-state index in [1.165, 1.54) is 11.5 Å². The number of rotatable bonds is 1. The maximum Gasteiger partial charge on any atom is 0.205 e. The molecule has 5 heteroatoms. The van der Waals surface area contributed by atoms with Crippen LogP contribution in [0.5, 0.6) is 0 Å². The lowest BCUT2D eigenvalue weighted by atomic mass is 10.1. The smallest absolute Gasteiger partial charge is 0.205 e. The maximum atomic E-state index is 5.63. The Morgan fingerprint density at radius 2 is 2.36 bits per heavy atom. The number of hydrogen-bond acceptors (Lipinski definition) is 5. The summed E-state index contributed by atoms with van der Waals surface area (Å²) in [6, 6.07) is 0.333. The molecule has 0 aromatic carbocycles. The lowest BCUT2D eigenvalue weighted by Gasteiger charge is -2.36. The topological polar surface area (TPSA) is 55.0 Å². The van der Waals surface area contributed by atoms with Gasteiger partial charge in [0.25, 0.3) is 0 Å². The Balaban J connectivity index is 2.07. The third-order valence-corrected chi connectivity index (χ3v) is 2.57. The van der Waals surface area contributed by atoms with Gasteiger partial charge in [-0.25, -0.2) is 4.98 Å². The summed E-state index contributed by atoms with van der Waals surface area (Å²) in [6.07, 6.45) is 0. The largest absolute Gasteiger partial charge is 0.344 e. The van der Waals surface area contributed by atoms with Crippen molar-refractivity contribution in [3.8, 4) is 0 Å². The predicted octanol–water partition coefficient (Wildman–Crippen LogP) is -0.00618. The van der Waals surface area contributed by atoms with E-state index in [1.54, 1.807) is 0 Å². The van der Waals surface area contributed by atoms with Crippen LogP contribution in [0.3, 0.4) is 0 Å². The molecule has 0 amide bonds. The zero-order chi connectivity index (χ0) is 7.84. The molecule has 4 nitrogen and oxygen atoms in total. The summed E-state index contributed by atoms with van der Waals surface area (Å²) in [5.74, 6) is 0.852. The van der Waals surface area contributed by atoms with E-state index >= 15 is 0 Å². The minimum Gasteiger partial charge on any atom is -0.344 e. The van der Waals surface area contributed by atoms with Crippen molar-refractivity contribution in [1.82, 2.24) is 9.36 Å². The Morgan fingerprint density at radius 1 is 1.64 bits per heavy atom. The van der Waals surface area contributed by atoms with E-state index in [2.05, 4.69) is 14.3 Å². The minimum absolute atomic E-state index is 0.333. The molecule has 1 saturated heterocycles. The van der Waals surface area contributed by atoms with Gasteiger partial charge in [0.2, 0.25) is 5.13 Å². The van der Waals surface area contributed by atoms with Crippen molar-refractivity contribution in [2.24, 2.45) is 5.73 Å². The van der Waals surface area contributed by atoms with Crippen LogP contribution in [0.2, 0.25) is 0 Å². The molecule has 0 radical (unpaired) electrons. The molecule has 1 aromatic rings. The second kappa shape index (κ2) is 2.42. The third-order valence-electron chi connectivity index (χ3n) is 1.70. The summed E-state index contributed by atoms with van der Waals surface area (Å²) < 4.78 is 4.09. The minimum atomic E-state index is 0.333. The second-order valence-electron chi connectivity index (χ2n) is 2.79. The molecule has 1 aliphatic rings. The van der Waals surface area contributed by atoms with Crippen molar-refractivity contribution in [2.45, 2.75) is 13.0 Å². The molecule has 0 bridgehead atoms. The Kier molecular flexibility index (Phi) is 1.54. The van der Waals surface area contributed by atoms with Crippen molar-refractivity contribution >= 4 is 16.7 Å². The van der Waals surface area contributed by atoms with Crippen LogP contribution in [0.4, 0.5) is 5.13 Å². The first-order valence-electron chi connectivity index (χ1n) is 3.56. The highest BCUT2D eigenvalue weighted by Crippen LogP contribution is 2.21. The summed E-state index contributed by atoms with van der Waals surface area (Å²) >= 11 is 1.44. The summed E-state index contributed by atoms with van der Waals surface area (Å²) in [7, 11) is 0. The average Bonchev–Trinajstić information content (AvgIpc) is 2.29. The van der Waals surface area contributed by atoms with Crippen molar-refractivity contribution in [3.63, 3.8) is 0 Å². The van der Waals surface area contributed by atoms with Gasteiger partial charge in [0.05, 0.1) is 0 Å². The van der Waals surface area contributed by atoms with Gasteiger partial charge in [0.15, 0.2) is 0 Å². The van der Waals surface area contributed by atoms with Crippen molar-refractivity contribution in [1.29, 1.82) is 0 Å². The van der Waals surface area contributed by atoms with Gasteiger partial charge in [0.1, 0.15) is 5.82 Å². The number of nitrogens with two attached hydrogens (primary N) is 1. The molecule has 0 saturated carbocycles. The standard InChI is InChI=1S/C6H10N4S/c1-4-8-6(11-9-4)10-2-5(7)3-10/h5H,2-3,7H2,1H3. The van der Waals surface area contributed by atoms with Crippen LogP contribution >= 0.6 is 11.5 Å². The SMILES string of the molecule is Cc1nsc(N2CC(N)C2)n1. The first-order chi connectivity index (χ1) is 5.25. The molecule has 2 rings (SSSR count). The third kappa shape index (κ3) is 1.21. The van der Waals surface area contributed by atoms with Crippen molar-refractivity contribution in [3.05, 3.63) is 5.82 Å². The van der Waals surface area contributed by atoms with Crippen LogP contribution in [0, 0.1) is 6.92 Å². The van der Waals surface area contributed by atoms with Gasteiger partial charge in [-0.1, -0.05) is 0 Å². The van der Waals surface area contributed by atoms with Gasteiger partial charge in [-0.2, -0.15) is 4.37 Å². The first kappa shape index (κ1) is 7.00. The fourth-order valence-electron chi connectivity index (χ4n) is 1.08. The Morgan fingerprint density at radius 3 is 2.82 bits per heavy atom. The summed E-state index contributed by atoms with van der Waals surface area (Å²) in [6.45, 7) is 3.75. The molecule has 0 atom stereocenters. The molecule has 2 heterocycles. The van der Waals surface area contributed by atoms with Crippen LogP contribution < -0.4 is 10.6 Å². The predicted molar refractivity (Wildman–Crippen MR) is 44.8 cm³/mol. The van der Waals surface area contributed by atoms with E-state index < -0.39 is 0 Å². The summed E-state index contributed by atoms with van der Waals surface area (Å²) in [4.78, 5) is 6.39.